The second-order valence-electron chi connectivity index (χ2n) is 5.83. The maximum atomic E-state index is 12.5. The number of nitrogens with zero attached hydrogens (tertiary/aromatic N) is 1. The molecule has 4 nitrogen and oxygen atoms in total. The fraction of sp³-hybridized carbons (Fsp3) is 0.278. The van der Waals surface area contributed by atoms with Crippen molar-refractivity contribution in [3.63, 3.8) is 0 Å². The van der Waals surface area contributed by atoms with Gasteiger partial charge in [-0.2, -0.15) is 0 Å². The van der Waals surface area contributed by atoms with Crippen molar-refractivity contribution in [3.8, 4) is 0 Å². The van der Waals surface area contributed by atoms with Gasteiger partial charge in [0.1, 0.15) is 0 Å². The van der Waals surface area contributed by atoms with E-state index in [1.165, 1.54) is 6.26 Å². The van der Waals surface area contributed by atoms with Gasteiger partial charge in [-0.1, -0.05) is 40.2 Å². The number of rotatable bonds is 5. The molecule has 0 radical (unpaired) electrons. The summed E-state index contributed by atoms with van der Waals surface area (Å²) in [6.45, 7) is 1.93. The Morgan fingerprint density at radius 2 is 1.62 bits per heavy atom. The van der Waals surface area contributed by atoms with Gasteiger partial charge >= 0.3 is 0 Å². The van der Waals surface area contributed by atoms with Gasteiger partial charge in [-0.25, -0.2) is 8.42 Å². The molecule has 0 heterocycles. The van der Waals surface area contributed by atoms with Gasteiger partial charge in [0.15, 0.2) is 9.84 Å². The van der Waals surface area contributed by atoms with Crippen LogP contribution in [-0.2, 0) is 21.1 Å². The zero-order valence-electron chi connectivity index (χ0n) is 13.9. The van der Waals surface area contributed by atoms with Crippen molar-refractivity contribution in [1.82, 2.24) is 4.90 Å². The summed E-state index contributed by atoms with van der Waals surface area (Å²) in [4.78, 5) is 14.4. The van der Waals surface area contributed by atoms with E-state index in [9.17, 15) is 13.2 Å². The zero-order chi connectivity index (χ0) is 17.9. The fourth-order valence-electron chi connectivity index (χ4n) is 2.33. The van der Waals surface area contributed by atoms with Crippen molar-refractivity contribution in [3.05, 3.63) is 64.1 Å². The molecule has 0 spiro atoms. The van der Waals surface area contributed by atoms with Crippen LogP contribution in [0, 0.1) is 0 Å². The normalized spacial score (nSPS) is 12.7. The van der Waals surface area contributed by atoms with E-state index in [1.54, 1.807) is 36.2 Å². The highest BCUT2D eigenvalue weighted by molar-refractivity contribution is 9.10. The minimum absolute atomic E-state index is 0.0111. The molecular formula is C18H20BrNO3S. The standard InChI is InChI=1S/C18H20BrNO3S/c1-13(15-6-10-17(11-7-15)24(3,22)23)20(2)18(21)12-14-4-8-16(19)9-5-14/h4-11,13H,12H2,1-3H3/t13-/m0/s1. The van der Waals surface area contributed by atoms with Crippen LogP contribution in [0.3, 0.4) is 0 Å². The van der Waals surface area contributed by atoms with Crippen LogP contribution in [0.4, 0.5) is 0 Å². The van der Waals surface area contributed by atoms with Crippen molar-refractivity contribution in [2.45, 2.75) is 24.3 Å². The number of carbonyl (C=O) groups excluding carboxylic acids is 1. The smallest absolute Gasteiger partial charge is 0.227 e. The lowest BCUT2D eigenvalue weighted by Crippen LogP contribution is -2.31. The molecule has 0 N–H and O–H groups in total. The Labute approximate surface area is 151 Å². The van der Waals surface area contributed by atoms with Gasteiger partial charge in [0.25, 0.3) is 0 Å². The van der Waals surface area contributed by atoms with E-state index < -0.39 is 9.84 Å². The Kier molecular flexibility index (Phi) is 5.83. The first-order valence-corrected chi connectivity index (χ1v) is 10.2. The molecular weight excluding hydrogens is 390 g/mol. The zero-order valence-corrected chi connectivity index (χ0v) is 16.3. The molecule has 0 saturated heterocycles. The van der Waals surface area contributed by atoms with Crippen LogP contribution in [-0.4, -0.2) is 32.5 Å². The van der Waals surface area contributed by atoms with Crippen LogP contribution in [0.5, 0.6) is 0 Å². The third-order valence-corrected chi connectivity index (χ3v) is 5.69. The lowest BCUT2D eigenvalue weighted by molar-refractivity contribution is -0.131. The van der Waals surface area contributed by atoms with Gasteiger partial charge in [-0.3, -0.25) is 4.79 Å². The fourth-order valence-corrected chi connectivity index (χ4v) is 3.23. The molecule has 2 aromatic rings. The van der Waals surface area contributed by atoms with E-state index in [-0.39, 0.29) is 16.8 Å². The Hall–Kier alpha value is -1.66. The van der Waals surface area contributed by atoms with E-state index in [0.717, 1.165) is 15.6 Å². The highest BCUT2D eigenvalue weighted by Crippen LogP contribution is 2.22. The minimum Gasteiger partial charge on any atom is -0.339 e. The molecule has 1 atom stereocenters. The Morgan fingerprint density at radius 1 is 1.08 bits per heavy atom. The molecule has 24 heavy (non-hydrogen) atoms. The summed E-state index contributed by atoms with van der Waals surface area (Å²) in [5.74, 6) is 0.0111. The molecule has 0 bridgehead atoms. The molecule has 0 aliphatic heterocycles. The quantitative estimate of drug-likeness (QED) is 0.757. The third kappa shape index (κ3) is 4.68. The highest BCUT2D eigenvalue weighted by atomic mass is 79.9. The molecule has 1 amide bonds. The average molecular weight is 410 g/mol. The molecule has 0 aromatic heterocycles. The van der Waals surface area contributed by atoms with Crippen molar-refractivity contribution < 1.29 is 13.2 Å². The monoisotopic (exact) mass is 409 g/mol. The third-order valence-electron chi connectivity index (χ3n) is 4.03. The Morgan fingerprint density at radius 3 is 2.12 bits per heavy atom. The number of halogens is 1. The van der Waals surface area contributed by atoms with E-state index in [2.05, 4.69) is 15.9 Å². The van der Waals surface area contributed by atoms with Gasteiger partial charge < -0.3 is 4.90 Å². The van der Waals surface area contributed by atoms with Crippen LogP contribution in [0.2, 0.25) is 0 Å². The number of hydrogen-bond donors (Lipinski definition) is 0. The van der Waals surface area contributed by atoms with Gasteiger partial charge in [-0.05, 0) is 42.3 Å². The number of amides is 1. The largest absolute Gasteiger partial charge is 0.339 e. The van der Waals surface area contributed by atoms with Crippen LogP contribution in [0.25, 0.3) is 0 Å². The molecule has 6 heteroatoms. The van der Waals surface area contributed by atoms with Crippen LogP contribution < -0.4 is 0 Å². The molecule has 0 aliphatic carbocycles. The summed E-state index contributed by atoms with van der Waals surface area (Å²) in [6, 6.07) is 14.2. The van der Waals surface area contributed by atoms with E-state index in [0.29, 0.717) is 6.42 Å². The Balaban J connectivity index is 2.09. The summed E-state index contributed by atoms with van der Waals surface area (Å²) in [5.41, 5.74) is 1.85. The number of hydrogen-bond acceptors (Lipinski definition) is 3. The second-order valence-corrected chi connectivity index (χ2v) is 8.76. The molecule has 2 aromatic carbocycles. The van der Waals surface area contributed by atoms with Crippen molar-refractivity contribution in [2.24, 2.45) is 0 Å². The number of sulfone groups is 1. The second kappa shape index (κ2) is 7.49. The molecule has 2 rings (SSSR count). The maximum absolute atomic E-state index is 12.5. The predicted molar refractivity (Wildman–Crippen MR) is 98.6 cm³/mol. The van der Waals surface area contributed by atoms with E-state index in [4.69, 9.17) is 0 Å². The average Bonchev–Trinajstić information content (AvgIpc) is 2.55. The first kappa shape index (κ1) is 18.7. The first-order valence-electron chi connectivity index (χ1n) is 7.48. The molecule has 128 valence electrons. The topological polar surface area (TPSA) is 54.5 Å². The van der Waals surface area contributed by atoms with E-state index >= 15 is 0 Å². The van der Waals surface area contributed by atoms with Crippen molar-refractivity contribution in [1.29, 1.82) is 0 Å². The highest BCUT2D eigenvalue weighted by Gasteiger charge is 2.18. The lowest BCUT2D eigenvalue weighted by atomic mass is 10.1. The maximum Gasteiger partial charge on any atom is 0.227 e. The summed E-state index contributed by atoms with van der Waals surface area (Å²) in [7, 11) is -1.45. The van der Waals surface area contributed by atoms with Gasteiger partial charge in [-0.15, -0.1) is 0 Å². The molecule has 0 aliphatic rings. The van der Waals surface area contributed by atoms with Gasteiger partial charge in [0, 0.05) is 17.8 Å². The van der Waals surface area contributed by atoms with Crippen molar-refractivity contribution >= 4 is 31.7 Å². The van der Waals surface area contributed by atoms with Crippen LogP contribution >= 0.6 is 15.9 Å². The van der Waals surface area contributed by atoms with Crippen LogP contribution in [0.15, 0.2) is 57.9 Å². The summed E-state index contributed by atoms with van der Waals surface area (Å²) >= 11 is 3.38. The molecule has 0 fully saturated rings. The summed E-state index contributed by atoms with van der Waals surface area (Å²) < 4.78 is 24.0. The van der Waals surface area contributed by atoms with Gasteiger partial charge in [0.05, 0.1) is 17.4 Å². The van der Waals surface area contributed by atoms with Crippen LogP contribution in [0.1, 0.15) is 24.1 Å². The summed E-state index contributed by atoms with van der Waals surface area (Å²) in [6.07, 6.45) is 1.51. The lowest BCUT2D eigenvalue weighted by Gasteiger charge is -2.25. The minimum atomic E-state index is -3.21. The Bertz CT molecular complexity index is 814. The predicted octanol–water partition coefficient (Wildman–Crippen LogP) is 3.61. The first-order chi connectivity index (χ1) is 11.2. The summed E-state index contributed by atoms with van der Waals surface area (Å²) in [5, 5.41) is 0. The molecule has 0 saturated carbocycles. The van der Waals surface area contributed by atoms with E-state index in [1.807, 2.05) is 31.2 Å². The number of benzene rings is 2. The molecule has 0 unspecified atom stereocenters. The van der Waals surface area contributed by atoms with Crippen molar-refractivity contribution in [2.75, 3.05) is 13.3 Å². The number of likely N-dealkylation sites (N-methyl/N-ethyl adjacent to an activating group) is 1. The number of carbonyl (C=O) groups is 1. The SMILES string of the molecule is C[C@@H](c1ccc(S(C)(=O)=O)cc1)N(C)C(=O)Cc1ccc(Br)cc1. The van der Waals surface area contributed by atoms with Gasteiger partial charge in [0.2, 0.25) is 5.91 Å².